The normalized spacial score (nSPS) is 10.6. The van der Waals surface area contributed by atoms with Crippen molar-refractivity contribution in [3.05, 3.63) is 82.3 Å². The van der Waals surface area contributed by atoms with Gasteiger partial charge in [-0.3, -0.25) is 14.5 Å². The van der Waals surface area contributed by atoms with E-state index < -0.39 is 0 Å². The van der Waals surface area contributed by atoms with E-state index in [1.165, 1.54) is 5.56 Å². The summed E-state index contributed by atoms with van der Waals surface area (Å²) >= 11 is 3.33. The van der Waals surface area contributed by atoms with Gasteiger partial charge < -0.3 is 4.90 Å². The van der Waals surface area contributed by atoms with E-state index in [0.29, 0.717) is 18.7 Å². The smallest absolute Gasteiger partial charge is 0.255 e. The molecule has 0 bridgehead atoms. The minimum absolute atomic E-state index is 0.0698. The van der Waals surface area contributed by atoms with Gasteiger partial charge in [0.15, 0.2) is 0 Å². The zero-order valence-electron chi connectivity index (χ0n) is 13.3. The van der Waals surface area contributed by atoms with Gasteiger partial charge in [0.25, 0.3) is 5.91 Å². The second-order valence-electron chi connectivity index (χ2n) is 5.58. The van der Waals surface area contributed by atoms with E-state index in [9.17, 15) is 4.79 Å². The molecule has 0 radical (unpaired) electrons. The monoisotopic (exact) mass is 384 g/mol. The lowest BCUT2D eigenvalue weighted by Crippen LogP contribution is -2.26. The lowest BCUT2D eigenvalue weighted by atomic mass is 10.2. The van der Waals surface area contributed by atoms with Crippen molar-refractivity contribution in [2.24, 2.45) is 0 Å². The molecule has 122 valence electrons. The fraction of sp³-hybridized carbons (Fsp3) is 0.167. The third-order valence-electron chi connectivity index (χ3n) is 3.59. The Morgan fingerprint density at radius 1 is 1.17 bits per heavy atom. The van der Waals surface area contributed by atoms with Crippen LogP contribution < -0.4 is 0 Å². The number of pyridine rings is 1. The molecule has 0 aliphatic heterocycles. The zero-order chi connectivity index (χ0) is 16.9. The van der Waals surface area contributed by atoms with Crippen LogP contribution in [0.4, 0.5) is 0 Å². The van der Waals surface area contributed by atoms with Gasteiger partial charge in [-0.05, 0) is 27.6 Å². The van der Waals surface area contributed by atoms with Crippen LogP contribution in [0.5, 0.6) is 0 Å². The molecule has 3 aromatic rings. The van der Waals surface area contributed by atoms with Crippen LogP contribution in [0.25, 0.3) is 0 Å². The minimum Gasteiger partial charge on any atom is -0.337 e. The quantitative estimate of drug-likeness (QED) is 0.677. The molecule has 24 heavy (non-hydrogen) atoms. The van der Waals surface area contributed by atoms with Crippen LogP contribution in [0.3, 0.4) is 0 Å². The van der Waals surface area contributed by atoms with Gasteiger partial charge >= 0.3 is 0 Å². The molecule has 2 aromatic heterocycles. The molecule has 1 aromatic carbocycles. The van der Waals surface area contributed by atoms with Gasteiger partial charge in [0.1, 0.15) is 0 Å². The Bertz CT molecular complexity index is 832. The highest BCUT2D eigenvalue weighted by Gasteiger charge is 2.13. The number of rotatable bonds is 5. The van der Waals surface area contributed by atoms with Crippen LogP contribution in [-0.4, -0.2) is 32.6 Å². The minimum atomic E-state index is -0.0698. The van der Waals surface area contributed by atoms with Crippen LogP contribution in [0, 0.1) is 0 Å². The van der Waals surface area contributed by atoms with E-state index in [1.807, 2.05) is 29.1 Å². The highest BCUT2D eigenvalue weighted by molar-refractivity contribution is 9.10. The maximum atomic E-state index is 12.4. The molecule has 0 atom stereocenters. The first-order chi connectivity index (χ1) is 11.6. The molecule has 0 unspecified atom stereocenters. The first-order valence-corrected chi connectivity index (χ1v) is 8.32. The van der Waals surface area contributed by atoms with Crippen molar-refractivity contribution < 1.29 is 4.79 Å². The van der Waals surface area contributed by atoms with Crippen LogP contribution in [-0.2, 0) is 13.1 Å². The molecule has 0 saturated heterocycles. The van der Waals surface area contributed by atoms with E-state index >= 15 is 0 Å². The first-order valence-electron chi connectivity index (χ1n) is 7.53. The molecule has 2 heterocycles. The lowest BCUT2D eigenvalue weighted by Gasteiger charge is -2.16. The third-order valence-corrected chi connectivity index (χ3v) is 4.03. The maximum Gasteiger partial charge on any atom is 0.255 e. The summed E-state index contributed by atoms with van der Waals surface area (Å²) in [4.78, 5) is 18.1. The van der Waals surface area contributed by atoms with Gasteiger partial charge in [0, 0.05) is 42.2 Å². The molecule has 0 aliphatic rings. The van der Waals surface area contributed by atoms with E-state index in [0.717, 1.165) is 10.0 Å². The summed E-state index contributed by atoms with van der Waals surface area (Å²) in [7, 11) is 1.78. The van der Waals surface area contributed by atoms with Crippen molar-refractivity contribution >= 4 is 21.8 Å². The van der Waals surface area contributed by atoms with Crippen molar-refractivity contribution in [2.75, 3.05) is 7.05 Å². The maximum absolute atomic E-state index is 12.4. The molecule has 1 amide bonds. The Hall–Kier alpha value is -2.47. The molecule has 0 saturated carbocycles. The van der Waals surface area contributed by atoms with Crippen molar-refractivity contribution in [2.45, 2.75) is 13.1 Å². The average molecular weight is 385 g/mol. The number of hydrogen-bond donors (Lipinski definition) is 0. The van der Waals surface area contributed by atoms with Crippen molar-refractivity contribution in [1.82, 2.24) is 19.7 Å². The van der Waals surface area contributed by atoms with Gasteiger partial charge in [0.2, 0.25) is 0 Å². The SMILES string of the molecule is CN(Cc1cnn(Cc2ccccc2)c1)C(=O)c1cncc(Br)c1. The average Bonchev–Trinajstić information content (AvgIpc) is 3.02. The molecule has 0 spiro atoms. The lowest BCUT2D eigenvalue weighted by molar-refractivity contribution is 0.0784. The van der Waals surface area contributed by atoms with Gasteiger partial charge in [-0.1, -0.05) is 30.3 Å². The number of halogens is 1. The van der Waals surface area contributed by atoms with Gasteiger partial charge in [-0.2, -0.15) is 5.10 Å². The summed E-state index contributed by atoms with van der Waals surface area (Å²) in [5.41, 5.74) is 2.74. The topological polar surface area (TPSA) is 51.0 Å². The number of hydrogen-bond acceptors (Lipinski definition) is 3. The number of carbonyl (C=O) groups excluding carboxylic acids is 1. The summed E-state index contributed by atoms with van der Waals surface area (Å²) in [6, 6.07) is 11.9. The third kappa shape index (κ3) is 4.08. The molecule has 0 fully saturated rings. The number of carbonyl (C=O) groups is 1. The molecule has 5 nitrogen and oxygen atoms in total. The van der Waals surface area contributed by atoms with E-state index in [1.54, 1.807) is 36.6 Å². The van der Waals surface area contributed by atoms with Gasteiger partial charge in [0.05, 0.1) is 18.3 Å². The standard InChI is InChI=1S/C18H17BrN4O/c1-22(18(24)16-7-17(19)10-20-9-16)11-15-8-21-23(13-15)12-14-5-3-2-4-6-14/h2-10,13H,11-12H2,1H3. The van der Waals surface area contributed by atoms with Crippen molar-refractivity contribution in [1.29, 1.82) is 0 Å². The number of benzene rings is 1. The van der Waals surface area contributed by atoms with Crippen LogP contribution in [0.1, 0.15) is 21.5 Å². The fourth-order valence-electron chi connectivity index (χ4n) is 2.44. The van der Waals surface area contributed by atoms with Crippen molar-refractivity contribution in [3.8, 4) is 0 Å². The predicted molar refractivity (Wildman–Crippen MR) is 95.5 cm³/mol. The highest BCUT2D eigenvalue weighted by atomic mass is 79.9. The first kappa shape index (κ1) is 16.4. The molecular formula is C18H17BrN4O. The Labute approximate surface area is 149 Å². The Kier molecular flexibility index (Phi) is 5.05. The number of aromatic nitrogens is 3. The summed E-state index contributed by atoms with van der Waals surface area (Å²) in [6.07, 6.45) is 6.99. The summed E-state index contributed by atoms with van der Waals surface area (Å²) in [5.74, 6) is -0.0698. The largest absolute Gasteiger partial charge is 0.337 e. The van der Waals surface area contributed by atoms with Crippen LogP contribution >= 0.6 is 15.9 Å². The summed E-state index contributed by atoms with van der Waals surface area (Å²) < 4.78 is 2.67. The van der Waals surface area contributed by atoms with Crippen LogP contribution in [0.15, 0.2) is 65.7 Å². The predicted octanol–water partition coefficient (Wildman–Crippen LogP) is 3.36. The number of amides is 1. The van der Waals surface area contributed by atoms with Crippen molar-refractivity contribution in [3.63, 3.8) is 0 Å². The van der Waals surface area contributed by atoms with E-state index in [-0.39, 0.29) is 5.91 Å². The van der Waals surface area contributed by atoms with Gasteiger partial charge in [-0.15, -0.1) is 0 Å². The Morgan fingerprint density at radius 3 is 2.71 bits per heavy atom. The number of nitrogens with zero attached hydrogens (tertiary/aromatic N) is 4. The van der Waals surface area contributed by atoms with Gasteiger partial charge in [-0.25, -0.2) is 0 Å². The molecular weight excluding hydrogens is 368 g/mol. The molecule has 3 rings (SSSR count). The van der Waals surface area contributed by atoms with E-state index in [4.69, 9.17) is 0 Å². The zero-order valence-corrected chi connectivity index (χ0v) is 14.8. The summed E-state index contributed by atoms with van der Waals surface area (Å²) in [5, 5.41) is 4.37. The molecule has 6 heteroatoms. The highest BCUT2D eigenvalue weighted by Crippen LogP contribution is 2.13. The fourth-order valence-corrected chi connectivity index (χ4v) is 2.80. The second kappa shape index (κ2) is 7.40. The molecule has 0 N–H and O–H groups in total. The second-order valence-corrected chi connectivity index (χ2v) is 6.50. The Balaban J connectivity index is 1.64. The van der Waals surface area contributed by atoms with E-state index in [2.05, 4.69) is 38.1 Å². The van der Waals surface area contributed by atoms with Crippen LogP contribution in [0.2, 0.25) is 0 Å². The summed E-state index contributed by atoms with van der Waals surface area (Å²) in [6.45, 7) is 1.22. The molecule has 0 aliphatic carbocycles. The Morgan fingerprint density at radius 2 is 1.96 bits per heavy atom.